The Labute approximate surface area is 222 Å². The Morgan fingerprint density at radius 3 is 2.16 bits per heavy atom. The molecule has 0 spiro atoms. The first-order chi connectivity index (χ1) is 18.1. The molecule has 6 heteroatoms. The monoisotopic (exact) mass is 502 g/mol. The lowest BCUT2D eigenvalue weighted by Crippen LogP contribution is -2.51. The Hall–Kier alpha value is -2.86. The van der Waals surface area contributed by atoms with Gasteiger partial charge in [0.2, 0.25) is 5.91 Å². The average Bonchev–Trinajstić information content (AvgIpc) is 3.49. The van der Waals surface area contributed by atoms with Crippen LogP contribution in [0.5, 0.6) is 0 Å². The van der Waals surface area contributed by atoms with Gasteiger partial charge in [-0.2, -0.15) is 0 Å². The standard InChI is InChI=1S/C31H42N4O2/c1-2-27(24-10-4-3-5-11-24)30(36)32-25-16-18-34(19-17-25)29-15-9-8-14-28(29)31(37)35-22-20-33(21-23-35)26-12-6-7-13-26/h3-5,8-11,14-15,25-27H,2,6-7,12-13,16-23H2,1H3,(H,32,36). The summed E-state index contributed by atoms with van der Waals surface area (Å²) in [5, 5.41) is 3.31. The molecule has 1 N–H and O–H groups in total. The first-order valence-corrected chi connectivity index (χ1v) is 14.4. The van der Waals surface area contributed by atoms with Crippen LogP contribution in [0, 0.1) is 0 Å². The summed E-state index contributed by atoms with van der Waals surface area (Å²) in [5.41, 5.74) is 2.93. The Kier molecular flexibility index (Phi) is 8.45. The van der Waals surface area contributed by atoms with Crippen LogP contribution in [0.3, 0.4) is 0 Å². The van der Waals surface area contributed by atoms with E-state index < -0.39 is 0 Å². The Balaban J connectivity index is 1.16. The fourth-order valence-corrected chi connectivity index (χ4v) is 6.48. The second-order valence-electron chi connectivity index (χ2n) is 10.9. The van der Waals surface area contributed by atoms with Crippen molar-refractivity contribution in [3.63, 3.8) is 0 Å². The van der Waals surface area contributed by atoms with E-state index in [2.05, 4.69) is 28.1 Å². The fraction of sp³-hybridized carbons (Fsp3) is 0.548. The molecule has 3 aliphatic rings. The predicted molar refractivity (Wildman–Crippen MR) is 149 cm³/mol. The van der Waals surface area contributed by atoms with Crippen molar-refractivity contribution in [2.45, 2.75) is 69.9 Å². The largest absolute Gasteiger partial charge is 0.371 e. The molecule has 2 amide bonds. The molecule has 0 radical (unpaired) electrons. The number of piperazine rings is 1. The van der Waals surface area contributed by atoms with Gasteiger partial charge in [-0.25, -0.2) is 0 Å². The molecular weight excluding hydrogens is 460 g/mol. The number of piperidine rings is 1. The summed E-state index contributed by atoms with van der Waals surface area (Å²) in [6, 6.07) is 19.1. The molecule has 1 atom stereocenters. The molecule has 2 aromatic rings. The summed E-state index contributed by atoms with van der Waals surface area (Å²) in [5.74, 6) is 0.178. The molecule has 2 saturated heterocycles. The minimum absolute atomic E-state index is 0.105. The van der Waals surface area contributed by atoms with Crippen molar-refractivity contribution in [2.24, 2.45) is 0 Å². The van der Waals surface area contributed by atoms with Crippen molar-refractivity contribution in [2.75, 3.05) is 44.2 Å². The van der Waals surface area contributed by atoms with Crippen molar-refractivity contribution < 1.29 is 9.59 Å². The number of hydrogen-bond donors (Lipinski definition) is 1. The van der Waals surface area contributed by atoms with E-state index >= 15 is 0 Å². The van der Waals surface area contributed by atoms with Gasteiger partial charge in [-0.05, 0) is 49.8 Å². The lowest BCUT2D eigenvalue weighted by Gasteiger charge is -2.39. The van der Waals surface area contributed by atoms with Gasteiger partial charge in [-0.15, -0.1) is 0 Å². The lowest BCUT2D eigenvalue weighted by molar-refractivity contribution is -0.123. The van der Waals surface area contributed by atoms with Crippen LogP contribution in [0.25, 0.3) is 0 Å². The summed E-state index contributed by atoms with van der Waals surface area (Å²) in [7, 11) is 0. The average molecular weight is 503 g/mol. The van der Waals surface area contributed by atoms with Crippen molar-refractivity contribution in [1.29, 1.82) is 0 Å². The van der Waals surface area contributed by atoms with Gasteiger partial charge in [-0.3, -0.25) is 14.5 Å². The molecular formula is C31H42N4O2. The number of para-hydroxylation sites is 1. The van der Waals surface area contributed by atoms with Crippen LogP contribution in [0.4, 0.5) is 5.69 Å². The fourth-order valence-electron chi connectivity index (χ4n) is 6.48. The molecule has 37 heavy (non-hydrogen) atoms. The van der Waals surface area contributed by atoms with Gasteiger partial charge in [0.15, 0.2) is 0 Å². The third kappa shape index (κ3) is 6.01. The normalized spacial score (nSPS) is 20.7. The van der Waals surface area contributed by atoms with Crippen LogP contribution < -0.4 is 10.2 Å². The molecule has 2 aromatic carbocycles. The van der Waals surface area contributed by atoms with E-state index in [1.54, 1.807) is 0 Å². The number of carbonyl (C=O) groups excluding carboxylic acids is 2. The summed E-state index contributed by atoms with van der Waals surface area (Å²) in [6.07, 6.45) is 7.91. The second kappa shape index (κ2) is 12.1. The van der Waals surface area contributed by atoms with Crippen LogP contribution in [0.1, 0.15) is 73.7 Å². The van der Waals surface area contributed by atoms with Gasteiger partial charge >= 0.3 is 0 Å². The summed E-state index contributed by atoms with van der Waals surface area (Å²) in [6.45, 7) is 7.37. The number of carbonyl (C=O) groups is 2. The Morgan fingerprint density at radius 2 is 1.49 bits per heavy atom. The molecule has 0 aromatic heterocycles. The van der Waals surface area contributed by atoms with E-state index in [-0.39, 0.29) is 23.8 Å². The molecule has 1 aliphatic carbocycles. The number of anilines is 1. The molecule has 1 unspecified atom stereocenters. The minimum atomic E-state index is -0.105. The van der Waals surface area contributed by atoms with Crippen LogP contribution in [0.15, 0.2) is 54.6 Å². The third-order valence-electron chi connectivity index (χ3n) is 8.69. The topological polar surface area (TPSA) is 55.9 Å². The summed E-state index contributed by atoms with van der Waals surface area (Å²) in [4.78, 5) is 33.6. The first-order valence-electron chi connectivity index (χ1n) is 14.4. The highest BCUT2D eigenvalue weighted by Crippen LogP contribution is 2.28. The van der Waals surface area contributed by atoms with Crippen molar-refractivity contribution in [1.82, 2.24) is 15.1 Å². The summed E-state index contributed by atoms with van der Waals surface area (Å²) >= 11 is 0. The van der Waals surface area contributed by atoms with Gasteiger partial charge in [0, 0.05) is 57.0 Å². The van der Waals surface area contributed by atoms with E-state index in [1.165, 1.54) is 25.7 Å². The SMILES string of the molecule is CCC(C(=O)NC1CCN(c2ccccc2C(=O)N2CCN(C3CCCC3)CC2)CC1)c1ccccc1. The van der Waals surface area contributed by atoms with Gasteiger partial charge in [0.1, 0.15) is 0 Å². The first kappa shape index (κ1) is 25.8. The van der Waals surface area contributed by atoms with E-state index in [0.717, 1.165) is 81.4 Å². The lowest BCUT2D eigenvalue weighted by atomic mass is 9.94. The van der Waals surface area contributed by atoms with Crippen molar-refractivity contribution in [3.05, 3.63) is 65.7 Å². The number of amides is 2. The highest BCUT2D eigenvalue weighted by molar-refractivity contribution is 6.00. The Morgan fingerprint density at radius 1 is 0.838 bits per heavy atom. The van der Waals surface area contributed by atoms with Gasteiger partial charge in [0.25, 0.3) is 5.91 Å². The number of rotatable bonds is 7. The number of nitrogens with one attached hydrogen (secondary N) is 1. The molecule has 2 aliphatic heterocycles. The van der Waals surface area contributed by atoms with Crippen LogP contribution in [-0.4, -0.2) is 73.0 Å². The maximum Gasteiger partial charge on any atom is 0.256 e. The number of benzene rings is 2. The third-order valence-corrected chi connectivity index (χ3v) is 8.69. The predicted octanol–water partition coefficient (Wildman–Crippen LogP) is 4.67. The van der Waals surface area contributed by atoms with E-state index in [4.69, 9.17) is 0 Å². The van der Waals surface area contributed by atoms with E-state index in [1.807, 2.05) is 53.4 Å². The van der Waals surface area contributed by atoms with Crippen LogP contribution in [-0.2, 0) is 4.79 Å². The highest BCUT2D eigenvalue weighted by atomic mass is 16.2. The van der Waals surface area contributed by atoms with E-state index in [0.29, 0.717) is 0 Å². The number of hydrogen-bond acceptors (Lipinski definition) is 4. The van der Waals surface area contributed by atoms with Gasteiger partial charge in [-0.1, -0.05) is 62.2 Å². The smallest absolute Gasteiger partial charge is 0.256 e. The van der Waals surface area contributed by atoms with Crippen LogP contribution >= 0.6 is 0 Å². The zero-order valence-corrected chi connectivity index (χ0v) is 22.3. The van der Waals surface area contributed by atoms with Crippen LogP contribution in [0.2, 0.25) is 0 Å². The molecule has 3 fully saturated rings. The van der Waals surface area contributed by atoms with Crippen molar-refractivity contribution in [3.8, 4) is 0 Å². The molecule has 1 saturated carbocycles. The maximum atomic E-state index is 13.6. The molecule has 198 valence electrons. The second-order valence-corrected chi connectivity index (χ2v) is 10.9. The van der Waals surface area contributed by atoms with Crippen molar-refractivity contribution >= 4 is 17.5 Å². The van der Waals surface area contributed by atoms with E-state index in [9.17, 15) is 9.59 Å². The molecule has 2 heterocycles. The van der Waals surface area contributed by atoms with Gasteiger partial charge < -0.3 is 15.1 Å². The quantitative estimate of drug-likeness (QED) is 0.598. The zero-order valence-electron chi connectivity index (χ0n) is 22.3. The molecule has 5 rings (SSSR count). The highest BCUT2D eigenvalue weighted by Gasteiger charge is 2.31. The molecule has 0 bridgehead atoms. The zero-order chi connectivity index (χ0) is 25.6. The minimum Gasteiger partial charge on any atom is -0.371 e. The maximum absolute atomic E-state index is 13.6. The number of nitrogens with zero attached hydrogens (tertiary/aromatic N) is 3. The molecule has 6 nitrogen and oxygen atoms in total. The van der Waals surface area contributed by atoms with Gasteiger partial charge in [0.05, 0.1) is 11.5 Å². The summed E-state index contributed by atoms with van der Waals surface area (Å²) < 4.78 is 0. The Bertz CT molecular complexity index is 1040.